The molecule has 2 aliphatic carbocycles. The molecule has 18 nitrogen and oxygen atoms in total. The van der Waals surface area contributed by atoms with Gasteiger partial charge in [-0.25, -0.2) is 9.59 Å². The summed E-state index contributed by atoms with van der Waals surface area (Å²) < 4.78 is 66.7. The standard InChI is InChI=1S/C102H90N2O16/c1-3-5-33-82(101(109)119-75-31-19-29-73(53-75)112-59-77-60-113-77)103-97(105)78-55-84(114-69-43-35-65(36-44-69)61-21-11-7-12-22-61)91-93-86(116-71-47-39-67(40-48-71)63-25-15-9-16-26-63)57-80-90-81(100(108)104(99(80)107)83(34-6-4-2)102(110)120-76-32-20-30-74(54-76)118-88-51-52-111-88)58-87(117-72-49-41-68(42-50-72)64-27-17-10-18-28-64)94(96(90)93)92-85(56-79(98(103)106)89(78)95(91)92)115-70-45-37-66(38-46-70)62-23-13-8-14-24-62/h7-18,21-28,35-50,55-58,73-77,82-83,88H,3-6,19-20,29-34,51-54,59-60H2,1-2H3. The summed E-state index contributed by atoms with van der Waals surface area (Å²) in [5, 5.41) is 2.10. The minimum Gasteiger partial charge on any atom is -0.461 e. The lowest BCUT2D eigenvalue weighted by molar-refractivity contribution is -0.243. The molecule has 0 radical (unpaired) electrons. The zero-order valence-corrected chi connectivity index (χ0v) is 66.9. The lowest BCUT2D eigenvalue weighted by Gasteiger charge is -2.37. The van der Waals surface area contributed by atoms with E-state index in [1.54, 1.807) is 24.3 Å². The van der Waals surface area contributed by atoms with E-state index in [4.69, 9.17) is 47.4 Å². The van der Waals surface area contributed by atoms with Gasteiger partial charge in [0.1, 0.15) is 76.4 Å². The summed E-state index contributed by atoms with van der Waals surface area (Å²) in [6.07, 6.45) is 6.26. The predicted octanol–water partition coefficient (Wildman–Crippen LogP) is 22.8. The Balaban J connectivity index is 0.880. The maximum absolute atomic E-state index is 16.8. The van der Waals surface area contributed by atoms with Crippen LogP contribution in [0.3, 0.4) is 0 Å². The van der Waals surface area contributed by atoms with E-state index in [9.17, 15) is 0 Å². The second-order valence-electron chi connectivity index (χ2n) is 32.1. The fraction of sp³-hybridized carbons (Fsp3) is 0.275. The average molecular weight is 1600 g/mol. The van der Waals surface area contributed by atoms with Gasteiger partial charge in [0.2, 0.25) is 0 Å². The molecule has 4 amide bonds. The molecule has 8 unspecified atom stereocenters. The molecule has 2 saturated carbocycles. The molecule has 6 aliphatic rings. The number of nitrogens with zero attached hydrogens (tertiary/aromatic N) is 2. The van der Waals surface area contributed by atoms with Gasteiger partial charge in [0.25, 0.3) is 23.6 Å². The van der Waals surface area contributed by atoms with E-state index >= 15 is 28.8 Å². The molecule has 19 rings (SSSR count). The molecule has 13 aromatic rings. The number of hydrogen-bond acceptors (Lipinski definition) is 16. The number of amides is 4. The Morgan fingerprint density at radius 3 is 0.967 bits per heavy atom. The molecule has 13 aromatic carbocycles. The summed E-state index contributed by atoms with van der Waals surface area (Å²) in [6, 6.07) is 73.7. The Kier molecular flexibility index (Phi) is 21.7. The van der Waals surface area contributed by atoms with Gasteiger partial charge in [-0.2, -0.15) is 0 Å². The summed E-state index contributed by atoms with van der Waals surface area (Å²) >= 11 is 0. The number of unbranched alkanes of at least 4 members (excludes halogenated alkanes) is 2. The highest BCUT2D eigenvalue weighted by atomic mass is 16.7. The van der Waals surface area contributed by atoms with Crippen molar-refractivity contribution >= 4 is 78.7 Å². The second kappa shape index (κ2) is 33.7. The summed E-state index contributed by atoms with van der Waals surface area (Å²) in [4.78, 5) is 100. The van der Waals surface area contributed by atoms with Crippen molar-refractivity contribution in [2.75, 3.05) is 19.8 Å². The Labute approximate surface area is 695 Å². The van der Waals surface area contributed by atoms with E-state index in [1.807, 2.05) is 232 Å². The van der Waals surface area contributed by atoms with Crippen LogP contribution in [0.15, 0.2) is 243 Å². The van der Waals surface area contributed by atoms with E-state index in [-0.39, 0.29) is 126 Å². The third-order valence-electron chi connectivity index (χ3n) is 24.2. The highest BCUT2D eigenvalue weighted by Crippen LogP contribution is 2.59. The minimum absolute atomic E-state index is 0.0160. The number of fused-ring (bicyclic) bond motifs is 2. The largest absolute Gasteiger partial charge is 0.461 e. The highest BCUT2D eigenvalue weighted by Gasteiger charge is 2.48. The molecular formula is C102H90N2O16. The van der Waals surface area contributed by atoms with Crippen molar-refractivity contribution in [2.24, 2.45) is 0 Å². The van der Waals surface area contributed by atoms with Crippen molar-refractivity contribution in [3.63, 3.8) is 0 Å². The van der Waals surface area contributed by atoms with Crippen LogP contribution in [0.4, 0.5) is 0 Å². The van der Waals surface area contributed by atoms with Crippen LogP contribution >= 0.6 is 0 Å². The van der Waals surface area contributed by atoms with Gasteiger partial charge in [0.05, 0.1) is 54.3 Å². The normalized spacial score (nSPS) is 19.3. The van der Waals surface area contributed by atoms with Crippen LogP contribution in [-0.2, 0) is 38.0 Å². The van der Waals surface area contributed by atoms with Gasteiger partial charge in [0.15, 0.2) is 6.29 Å². The van der Waals surface area contributed by atoms with Crippen LogP contribution in [0.5, 0.6) is 46.0 Å². The van der Waals surface area contributed by atoms with E-state index in [0.29, 0.717) is 94.2 Å². The number of carbonyl (C=O) groups excluding carboxylic acids is 6. The second-order valence-corrected chi connectivity index (χ2v) is 32.1. The van der Waals surface area contributed by atoms with E-state index in [2.05, 4.69) is 0 Å². The Morgan fingerprint density at radius 1 is 0.367 bits per heavy atom. The summed E-state index contributed by atoms with van der Waals surface area (Å²) in [7, 11) is 0. The van der Waals surface area contributed by atoms with Crippen LogP contribution in [0, 0.1) is 0 Å². The molecule has 18 heteroatoms. The fourth-order valence-corrected chi connectivity index (χ4v) is 17.9. The van der Waals surface area contributed by atoms with Gasteiger partial charge in [-0.1, -0.05) is 209 Å². The van der Waals surface area contributed by atoms with Crippen molar-refractivity contribution in [3.05, 3.63) is 265 Å². The first-order valence-electron chi connectivity index (χ1n) is 42.2. The number of epoxide rings is 1. The van der Waals surface area contributed by atoms with E-state index in [0.717, 1.165) is 86.4 Å². The molecular weight excluding hydrogens is 1510 g/mol. The predicted molar refractivity (Wildman–Crippen MR) is 458 cm³/mol. The van der Waals surface area contributed by atoms with Gasteiger partial charge in [0, 0.05) is 62.4 Å². The Hall–Kier alpha value is -12.6. The molecule has 4 fully saturated rings. The Bertz CT molecular complexity index is 5450. The minimum atomic E-state index is -1.40. The number of carbonyl (C=O) groups is 6. The van der Waals surface area contributed by atoms with Gasteiger partial charge in [-0.05, 0) is 169 Å². The molecule has 0 bridgehead atoms. The van der Waals surface area contributed by atoms with Crippen molar-refractivity contribution < 1.29 is 76.1 Å². The third kappa shape index (κ3) is 15.4. The quantitative estimate of drug-likeness (QED) is 0.0141. The van der Waals surface area contributed by atoms with Crippen LogP contribution in [-0.4, -0.2) is 114 Å². The lowest BCUT2D eigenvalue weighted by Crippen LogP contribution is -2.52. The van der Waals surface area contributed by atoms with E-state index in [1.165, 1.54) is 0 Å². The van der Waals surface area contributed by atoms with E-state index < -0.39 is 59.9 Å². The van der Waals surface area contributed by atoms with Crippen LogP contribution in [0.25, 0.3) is 87.6 Å². The Morgan fingerprint density at radius 2 is 0.667 bits per heavy atom. The van der Waals surface area contributed by atoms with Gasteiger partial charge >= 0.3 is 11.9 Å². The smallest absolute Gasteiger partial charge is 0.329 e. The van der Waals surface area contributed by atoms with Crippen LogP contribution in [0.2, 0.25) is 0 Å². The maximum atomic E-state index is 16.8. The van der Waals surface area contributed by atoms with Crippen LogP contribution in [0.1, 0.15) is 152 Å². The number of imide groups is 2. The first kappa shape index (κ1) is 77.3. The van der Waals surface area contributed by atoms with Gasteiger partial charge in [-0.15, -0.1) is 0 Å². The van der Waals surface area contributed by atoms with Gasteiger partial charge in [-0.3, -0.25) is 29.0 Å². The molecule has 4 heterocycles. The van der Waals surface area contributed by atoms with Crippen molar-refractivity contribution in [3.8, 4) is 90.5 Å². The molecule has 0 N–H and O–H groups in total. The highest BCUT2D eigenvalue weighted by molar-refractivity contribution is 6.45. The number of esters is 2. The zero-order chi connectivity index (χ0) is 81.5. The van der Waals surface area contributed by atoms with Gasteiger partial charge < -0.3 is 47.4 Å². The maximum Gasteiger partial charge on any atom is 0.329 e. The van der Waals surface area contributed by atoms with Crippen molar-refractivity contribution in [2.45, 2.75) is 159 Å². The summed E-state index contributed by atoms with van der Waals surface area (Å²) in [5.74, 6) is -2.83. The topological polar surface area (TPSA) is 204 Å². The molecule has 8 atom stereocenters. The molecule has 0 aromatic heterocycles. The zero-order valence-electron chi connectivity index (χ0n) is 66.9. The average Bonchev–Trinajstić information content (AvgIpc) is 0.687. The molecule has 0 spiro atoms. The number of ether oxygens (including phenoxy) is 10. The number of benzene rings is 13. The van der Waals surface area contributed by atoms with Crippen molar-refractivity contribution in [1.82, 2.24) is 9.80 Å². The van der Waals surface area contributed by atoms with Crippen molar-refractivity contribution in [1.29, 1.82) is 0 Å². The third-order valence-corrected chi connectivity index (χ3v) is 24.2. The summed E-state index contributed by atoms with van der Waals surface area (Å²) in [5.41, 5.74) is 7.48. The molecule has 4 aliphatic heterocycles. The number of hydrogen-bond donors (Lipinski definition) is 0. The van der Waals surface area contributed by atoms with Crippen LogP contribution < -0.4 is 18.9 Å². The SMILES string of the molecule is CCCCC(C(=O)OC1CCCC(OCC2CO2)C1)N1C(=O)c2cc(Oc3ccc(-c4ccccc4)cc3)c3c4c(Oc5ccc(-c6ccccc6)cc5)cc5c6c(cc(Oc7ccc(-c8ccccc8)cc7)c(c7c(Oc8ccc(-c9ccccc9)cc8)cc(c2c37)C1=O)c64)C(=O)N(C(CCCC)C(=O)OC1CCCC(OC2CCO2)C1)C5=O. The molecule has 120 heavy (non-hydrogen) atoms. The molecule has 604 valence electrons. The fourth-order valence-electron chi connectivity index (χ4n) is 17.9. The summed E-state index contributed by atoms with van der Waals surface area (Å²) in [6.45, 7) is 5.66. The first-order chi connectivity index (χ1) is 58.9. The lowest BCUT2D eigenvalue weighted by atomic mass is 9.80. The number of rotatable bonds is 29. The molecule has 2 saturated heterocycles. The first-order valence-corrected chi connectivity index (χ1v) is 42.2. The monoisotopic (exact) mass is 1600 g/mol.